The van der Waals surface area contributed by atoms with Crippen LogP contribution in [0.2, 0.25) is 0 Å². The molecule has 1 heterocycles. The van der Waals surface area contributed by atoms with E-state index < -0.39 is 12.1 Å². The van der Waals surface area contributed by atoms with Crippen molar-refractivity contribution in [3.8, 4) is 0 Å². The number of carboxylic acid groups (broad SMARTS) is 1. The average Bonchev–Trinajstić information content (AvgIpc) is 2.78. The molecule has 0 aromatic heterocycles. The molecule has 7 heteroatoms. The van der Waals surface area contributed by atoms with Crippen molar-refractivity contribution in [2.24, 2.45) is 5.16 Å². The Bertz CT molecular complexity index is 330. The standard InChI is InChI=1S/C10H17N3O4/c1-3-13(2)5-4-11-9(14)8-6-7(10(15)16)12-17-8/h8H,3-6H2,1-2H3,(H,11,14)(H,15,16). The van der Waals surface area contributed by atoms with Crippen LogP contribution < -0.4 is 5.32 Å². The Morgan fingerprint density at radius 1 is 1.65 bits per heavy atom. The molecule has 0 fully saturated rings. The molecule has 1 atom stereocenters. The lowest BCUT2D eigenvalue weighted by Crippen LogP contribution is -2.39. The maximum atomic E-state index is 11.6. The molecular weight excluding hydrogens is 226 g/mol. The van der Waals surface area contributed by atoms with Crippen molar-refractivity contribution in [1.29, 1.82) is 0 Å². The van der Waals surface area contributed by atoms with Crippen LogP contribution in [-0.4, -0.2) is 60.4 Å². The number of aliphatic carboxylic acids is 1. The Kier molecular flexibility index (Phi) is 4.89. The summed E-state index contributed by atoms with van der Waals surface area (Å²) < 4.78 is 0. The fourth-order valence-corrected chi connectivity index (χ4v) is 1.29. The van der Waals surface area contributed by atoms with E-state index in [1.165, 1.54) is 0 Å². The van der Waals surface area contributed by atoms with Gasteiger partial charge in [0.05, 0.1) is 0 Å². The first-order chi connectivity index (χ1) is 8.04. The van der Waals surface area contributed by atoms with Crippen molar-refractivity contribution in [3.63, 3.8) is 0 Å². The lowest BCUT2D eigenvalue weighted by Gasteiger charge is -2.15. The molecule has 0 aromatic carbocycles. The fraction of sp³-hybridized carbons (Fsp3) is 0.700. The minimum atomic E-state index is -1.15. The number of carbonyl (C=O) groups is 2. The lowest BCUT2D eigenvalue weighted by molar-refractivity contribution is -0.131. The van der Waals surface area contributed by atoms with E-state index in [2.05, 4.69) is 15.4 Å². The summed E-state index contributed by atoms with van der Waals surface area (Å²) in [5.74, 6) is -1.47. The summed E-state index contributed by atoms with van der Waals surface area (Å²) in [6, 6.07) is 0. The van der Waals surface area contributed by atoms with Gasteiger partial charge in [0.1, 0.15) is 0 Å². The molecule has 1 rings (SSSR count). The summed E-state index contributed by atoms with van der Waals surface area (Å²) in [5.41, 5.74) is -0.115. The maximum Gasteiger partial charge on any atom is 0.353 e. The summed E-state index contributed by atoms with van der Waals surface area (Å²) >= 11 is 0. The van der Waals surface area contributed by atoms with Crippen LogP contribution in [0.4, 0.5) is 0 Å². The van der Waals surface area contributed by atoms with E-state index in [0.29, 0.717) is 6.54 Å². The third kappa shape index (κ3) is 4.03. The number of nitrogens with zero attached hydrogens (tertiary/aromatic N) is 2. The fourth-order valence-electron chi connectivity index (χ4n) is 1.29. The third-order valence-electron chi connectivity index (χ3n) is 2.54. The number of likely N-dealkylation sites (N-methyl/N-ethyl adjacent to an activating group) is 1. The van der Waals surface area contributed by atoms with Gasteiger partial charge in [-0.1, -0.05) is 12.1 Å². The topological polar surface area (TPSA) is 91.2 Å². The van der Waals surface area contributed by atoms with Gasteiger partial charge in [-0.25, -0.2) is 4.79 Å². The normalized spacial score (nSPS) is 18.8. The van der Waals surface area contributed by atoms with Crippen LogP contribution >= 0.6 is 0 Å². The van der Waals surface area contributed by atoms with Crippen molar-refractivity contribution in [1.82, 2.24) is 10.2 Å². The van der Waals surface area contributed by atoms with Crippen molar-refractivity contribution < 1.29 is 19.5 Å². The second kappa shape index (κ2) is 6.19. The van der Waals surface area contributed by atoms with Gasteiger partial charge in [-0.15, -0.1) is 0 Å². The number of hydrogen-bond acceptors (Lipinski definition) is 5. The molecule has 0 radical (unpaired) electrons. The zero-order chi connectivity index (χ0) is 12.8. The van der Waals surface area contributed by atoms with Crippen LogP contribution in [0.1, 0.15) is 13.3 Å². The Hall–Kier alpha value is -1.63. The highest BCUT2D eigenvalue weighted by atomic mass is 16.6. The Morgan fingerprint density at radius 2 is 2.35 bits per heavy atom. The summed E-state index contributed by atoms with van der Waals surface area (Å²) in [5, 5.41) is 14.7. The van der Waals surface area contributed by atoms with Gasteiger partial charge in [0.2, 0.25) is 6.10 Å². The van der Waals surface area contributed by atoms with Crippen molar-refractivity contribution in [2.45, 2.75) is 19.4 Å². The summed E-state index contributed by atoms with van der Waals surface area (Å²) in [6.07, 6.45) is -0.793. The van der Waals surface area contributed by atoms with Crippen LogP contribution in [0.15, 0.2) is 5.16 Å². The molecule has 1 amide bonds. The molecule has 0 spiro atoms. The molecule has 2 N–H and O–H groups in total. The molecule has 0 saturated heterocycles. The number of nitrogens with one attached hydrogen (secondary N) is 1. The monoisotopic (exact) mass is 243 g/mol. The molecule has 0 bridgehead atoms. The second-order valence-electron chi connectivity index (χ2n) is 3.83. The van der Waals surface area contributed by atoms with Crippen molar-refractivity contribution >= 4 is 17.6 Å². The summed E-state index contributed by atoms with van der Waals surface area (Å²) in [7, 11) is 1.95. The van der Waals surface area contributed by atoms with Gasteiger partial charge in [-0.3, -0.25) is 4.79 Å². The highest BCUT2D eigenvalue weighted by Crippen LogP contribution is 2.10. The van der Waals surface area contributed by atoms with Crippen LogP contribution in [-0.2, 0) is 14.4 Å². The SMILES string of the molecule is CCN(C)CCNC(=O)C1CC(C(=O)O)=NO1. The summed E-state index contributed by atoms with van der Waals surface area (Å²) in [4.78, 5) is 28.9. The zero-order valence-corrected chi connectivity index (χ0v) is 9.97. The van der Waals surface area contributed by atoms with Crippen LogP contribution in [0.3, 0.4) is 0 Å². The smallest absolute Gasteiger partial charge is 0.353 e. The van der Waals surface area contributed by atoms with Crippen LogP contribution in [0, 0.1) is 0 Å². The number of rotatable bonds is 6. The van der Waals surface area contributed by atoms with E-state index >= 15 is 0 Å². The quantitative estimate of drug-likeness (QED) is 0.642. The molecule has 0 saturated carbocycles. The molecule has 96 valence electrons. The van der Waals surface area contributed by atoms with Crippen molar-refractivity contribution in [2.75, 3.05) is 26.7 Å². The molecule has 1 aliphatic heterocycles. The summed E-state index contributed by atoms with van der Waals surface area (Å²) in [6.45, 7) is 4.17. The van der Waals surface area contributed by atoms with Gasteiger partial charge in [-0.2, -0.15) is 0 Å². The average molecular weight is 243 g/mol. The van der Waals surface area contributed by atoms with E-state index in [1.54, 1.807) is 0 Å². The Labute approximate surface area is 99.4 Å². The highest BCUT2D eigenvalue weighted by Gasteiger charge is 2.31. The molecule has 17 heavy (non-hydrogen) atoms. The number of oxime groups is 1. The molecule has 0 aliphatic carbocycles. The predicted molar refractivity (Wildman–Crippen MR) is 60.7 cm³/mol. The van der Waals surface area contributed by atoms with E-state index in [4.69, 9.17) is 9.94 Å². The van der Waals surface area contributed by atoms with Crippen LogP contribution in [0.5, 0.6) is 0 Å². The number of amides is 1. The first-order valence-corrected chi connectivity index (χ1v) is 5.46. The van der Waals surface area contributed by atoms with E-state index in [1.807, 2.05) is 14.0 Å². The molecule has 7 nitrogen and oxygen atoms in total. The Balaban J connectivity index is 2.25. The van der Waals surface area contributed by atoms with E-state index in [0.717, 1.165) is 13.1 Å². The molecular formula is C10H17N3O4. The van der Waals surface area contributed by atoms with Gasteiger partial charge in [0.25, 0.3) is 5.91 Å². The zero-order valence-electron chi connectivity index (χ0n) is 9.97. The van der Waals surface area contributed by atoms with Crippen LogP contribution in [0.25, 0.3) is 0 Å². The molecule has 1 aliphatic rings. The Morgan fingerprint density at radius 3 is 2.88 bits per heavy atom. The van der Waals surface area contributed by atoms with Gasteiger partial charge in [0, 0.05) is 19.5 Å². The van der Waals surface area contributed by atoms with Crippen molar-refractivity contribution in [3.05, 3.63) is 0 Å². The first kappa shape index (κ1) is 13.4. The lowest BCUT2D eigenvalue weighted by atomic mass is 10.2. The number of carboxylic acids is 1. The van der Waals surface area contributed by atoms with Gasteiger partial charge >= 0.3 is 5.97 Å². The largest absolute Gasteiger partial charge is 0.477 e. The number of hydrogen-bond donors (Lipinski definition) is 2. The highest BCUT2D eigenvalue weighted by molar-refractivity contribution is 6.36. The first-order valence-electron chi connectivity index (χ1n) is 5.46. The van der Waals surface area contributed by atoms with E-state index in [9.17, 15) is 9.59 Å². The molecule has 1 unspecified atom stereocenters. The van der Waals surface area contributed by atoms with Gasteiger partial charge < -0.3 is 20.2 Å². The predicted octanol–water partition coefficient (Wildman–Crippen LogP) is -0.716. The number of carbonyl (C=O) groups excluding carboxylic acids is 1. The van der Waals surface area contributed by atoms with Gasteiger partial charge in [0.15, 0.2) is 5.71 Å². The second-order valence-corrected chi connectivity index (χ2v) is 3.83. The minimum absolute atomic E-state index is 0.0186. The third-order valence-corrected chi connectivity index (χ3v) is 2.54. The minimum Gasteiger partial charge on any atom is -0.477 e. The molecule has 0 aromatic rings. The van der Waals surface area contributed by atoms with E-state index in [-0.39, 0.29) is 18.0 Å². The van der Waals surface area contributed by atoms with Gasteiger partial charge in [-0.05, 0) is 13.6 Å². The maximum absolute atomic E-state index is 11.6.